The molecule has 0 aliphatic rings. The lowest BCUT2D eigenvalue weighted by molar-refractivity contribution is -0.118. The van der Waals surface area contributed by atoms with Crippen LogP contribution in [0.15, 0.2) is 52.3 Å². The molecule has 0 saturated carbocycles. The van der Waals surface area contributed by atoms with Crippen LogP contribution in [0.3, 0.4) is 0 Å². The van der Waals surface area contributed by atoms with E-state index in [1.165, 1.54) is 16.3 Å². The number of allylic oxidation sites excluding steroid dienone is 1. The summed E-state index contributed by atoms with van der Waals surface area (Å²) in [5, 5.41) is 15.8. The first-order chi connectivity index (χ1) is 15.6. The highest BCUT2D eigenvalue weighted by Crippen LogP contribution is 2.21. The zero-order valence-electron chi connectivity index (χ0n) is 17.8. The molecular formula is C22H24N6O2S2. The van der Waals surface area contributed by atoms with Crippen molar-refractivity contribution in [2.45, 2.75) is 37.9 Å². The van der Waals surface area contributed by atoms with Crippen molar-refractivity contribution < 1.29 is 4.79 Å². The Bertz CT molecular complexity index is 1320. The predicted octanol–water partition coefficient (Wildman–Crippen LogP) is 3.23. The van der Waals surface area contributed by atoms with Crippen LogP contribution < -0.4 is 10.9 Å². The zero-order chi connectivity index (χ0) is 22.5. The Labute approximate surface area is 193 Å². The number of carbonyl (C=O) groups is 1. The minimum Gasteiger partial charge on any atom is -0.355 e. The lowest BCUT2D eigenvalue weighted by atomic mass is 10.2. The number of carbonyl (C=O) groups excluding carboxylic acids is 1. The van der Waals surface area contributed by atoms with Gasteiger partial charge in [0.25, 0.3) is 5.56 Å². The molecule has 0 aliphatic carbocycles. The highest BCUT2D eigenvalue weighted by molar-refractivity contribution is 7.99. The van der Waals surface area contributed by atoms with E-state index in [0.717, 1.165) is 35.5 Å². The van der Waals surface area contributed by atoms with E-state index < -0.39 is 0 Å². The summed E-state index contributed by atoms with van der Waals surface area (Å²) in [4.78, 5) is 29.6. The fourth-order valence-corrected chi connectivity index (χ4v) is 5.04. The summed E-state index contributed by atoms with van der Waals surface area (Å²) in [7, 11) is 0. The number of benzene rings is 1. The Morgan fingerprint density at radius 1 is 1.28 bits per heavy atom. The SMILES string of the molecule is C=CCn1c(=O)c2ccccc2n2c(SCC(=O)NCCCCc3nc(C)cs3)nnc12. The molecule has 0 aliphatic heterocycles. The average Bonchev–Trinajstić information content (AvgIpc) is 3.41. The summed E-state index contributed by atoms with van der Waals surface area (Å²) in [5.74, 6) is 0.607. The molecule has 0 radical (unpaired) electrons. The standard InChI is InChI=1S/C22H24N6O2S2/c1-3-12-27-20(30)16-8-4-5-9-17(16)28-21(27)25-26-22(28)32-14-18(29)23-11-7-6-10-19-24-15(2)13-31-19/h3-5,8-9,13H,1,6-7,10-12,14H2,2H3,(H,23,29). The van der Waals surface area contributed by atoms with Gasteiger partial charge in [-0.3, -0.25) is 18.6 Å². The third-order valence-corrected chi connectivity index (χ3v) is 6.88. The molecule has 8 nitrogen and oxygen atoms in total. The molecule has 0 fully saturated rings. The Kier molecular flexibility index (Phi) is 7.01. The highest BCUT2D eigenvalue weighted by Gasteiger charge is 2.17. The first-order valence-corrected chi connectivity index (χ1v) is 12.2. The van der Waals surface area contributed by atoms with E-state index in [1.807, 2.05) is 29.5 Å². The number of unbranched alkanes of at least 4 members (excludes halogenated alkanes) is 1. The van der Waals surface area contributed by atoms with Gasteiger partial charge in [0.2, 0.25) is 11.7 Å². The van der Waals surface area contributed by atoms with E-state index >= 15 is 0 Å². The van der Waals surface area contributed by atoms with Gasteiger partial charge in [-0.05, 0) is 38.3 Å². The summed E-state index contributed by atoms with van der Waals surface area (Å²) in [5.41, 5.74) is 1.64. The van der Waals surface area contributed by atoms with Gasteiger partial charge in [-0.15, -0.1) is 28.1 Å². The molecule has 10 heteroatoms. The molecule has 3 heterocycles. The van der Waals surface area contributed by atoms with E-state index in [0.29, 0.717) is 29.4 Å². The maximum absolute atomic E-state index is 12.8. The van der Waals surface area contributed by atoms with Gasteiger partial charge < -0.3 is 5.32 Å². The number of aromatic nitrogens is 5. The van der Waals surface area contributed by atoms with Crippen LogP contribution in [-0.2, 0) is 17.8 Å². The number of hydrogen-bond acceptors (Lipinski definition) is 7. The van der Waals surface area contributed by atoms with Crippen LogP contribution in [0.2, 0.25) is 0 Å². The van der Waals surface area contributed by atoms with Crippen molar-refractivity contribution in [2.24, 2.45) is 0 Å². The van der Waals surface area contributed by atoms with E-state index in [1.54, 1.807) is 23.5 Å². The fourth-order valence-electron chi connectivity index (χ4n) is 3.45. The minimum absolute atomic E-state index is 0.0550. The molecule has 3 aromatic heterocycles. The quantitative estimate of drug-likeness (QED) is 0.218. The molecule has 0 atom stereocenters. The monoisotopic (exact) mass is 468 g/mol. The summed E-state index contributed by atoms with van der Waals surface area (Å²) >= 11 is 2.99. The lowest BCUT2D eigenvalue weighted by Gasteiger charge is -2.09. The second-order valence-electron chi connectivity index (χ2n) is 7.32. The molecule has 1 amide bonds. The Morgan fingerprint density at radius 3 is 2.91 bits per heavy atom. The molecule has 0 bridgehead atoms. The van der Waals surface area contributed by atoms with Crippen LogP contribution in [0.4, 0.5) is 0 Å². The number of fused-ring (bicyclic) bond motifs is 3. The first kappa shape index (κ1) is 22.2. The topological polar surface area (TPSA) is 94.2 Å². The number of hydrogen-bond donors (Lipinski definition) is 1. The van der Waals surface area contributed by atoms with Crippen LogP contribution in [0.25, 0.3) is 16.7 Å². The van der Waals surface area contributed by atoms with Crippen molar-refractivity contribution in [2.75, 3.05) is 12.3 Å². The molecule has 32 heavy (non-hydrogen) atoms. The van der Waals surface area contributed by atoms with Crippen molar-refractivity contribution in [3.05, 3.63) is 63.4 Å². The number of rotatable bonds is 10. The maximum atomic E-state index is 12.8. The number of thiazole rings is 1. The zero-order valence-corrected chi connectivity index (χ0v) is 19.4. The van der Waals surface area contributed by atoms with Crippen molar-refractivity contribution in [1.29, 1.82) is 0 Å². The third-order valence-electron chi connectivity index (χ3n) is 4.93. The van der Waals surface area contributed by atoms with Crippen LogP contribution in [-0.4, -0.2) is 42.4 Å². The number of nitrogens with zero attached hydrogens (tertiary/aromatic N) is 5. The molecule has 166 valence electrons. The summed E-state index contributed by atoms with van der Waals surface area (Å²) in [6.45, 7) is 6.69. The van der Waals surface area contributed by atoms with Crippen LogP contribution in [0.5, 0.6) is 0 Å². The van der Waals surface area contributed by atoms with Gasteiger partial charge in [-0.2, -0.15) is 0 Å². The van der Waals surface area contributed by atoms with Crippen LogP contribution in [0.1, 0.15) is 23.5 Å². The average molecular weight is 469 g/mol. The smallest absolute Gasteiger partial charge is 0.263 e. The van der Waals surface area contributed by atoms with Crippen molar-refractivity contribution >= 4 is 45.7 Å². The largest absolute Gasteiger partial charge is 0.355 e. The van der Waals surface area contributed by atoms with E-state index in [4.69, 9.17) is 0 Å². The minimum atomic E-state index is -0.136. The summed E-state index contributed by atoms with van der Waals surface area (Å²) in [6, 6.07) is 7.34. The lowest BCUT2D eigenvalue weighted by Crippen LogP contribution is -2.26. The van der Waals surface area contributed by atoms with E-state index in [9.17, 15) is 9.59 Å². The second kappa shape index (κ2) is 10.1. The van der Waals surface area contributed by atoms with Crippen molar-refractivity contribution in [1.82, 2.24) is 29.5 Å². The van der Waals surface area contributed by atoms with Crippen molar-refractivity contribution in [3.8, 4) is 0 Å². The van der Waals surface area contributed by atoms with Gasteiger partial charge in [-0.1, -0.05) is 30.0 Å². The molecular weight excluding hydrogens is 444 g/mol. The molecule has 4 aromatic rings. The van der Waals surface area contributed by atoms with Gasteiger partial charge in [0, 0.05) is 24.2 Å². The van der Waals surface area contributed by atoms with Gasteiger partial charge in [-0.25, -0.2) is 4.98 Å². The third kappa shape index (κ3) is 4.76. The van der Waals surface area contributed by atoms with Crippen molar-refractivity contribution in [3.63, 3.8) is 0 Å². The van der Waals surface area contributed by atoms with Gasteiger partial charge >= 0.3 is 0 Å². The van der Waals surface area contributed by atoms with Gasteiger partial charge in [0.1, 0.15) is 0 Å². The molecule has 0 spiro atoms. The number of aryl methyl sites for hydroxylation is 2. The van der Waals surface area contributed by atoms with Gasteiger partial charge in [0.05, 0.1) is 21.7 Å². The normalized spacial score (nSPS) is 11.3. The molecule has 1 aromatic carbocycles. The number of thioether (sulfide) groups is 1. The number of para-hydroxylation sites is 1. The predicted molar refractivity (Wildman–Crippen MR) is 128 cm³/mol. The van der Waals surface area contributed by atoms with Crippen LogP contribution in [0, 0.1) is 6.92 Å². The van der Waals surface area contributed by atoms with Crippen LogP contribution >= 0.6 is 23.1 Å². The number of nitrogens with one attached hydrogen (secondary N) is 1. The van der Waals surface area contributed by atoms with E-state index in [-0.39, 0.29) is 17.2 Å². The first-order valence-electron chi connectivity index (χ1n) is 10.4. The fraction of sp³-hybridized carbons (Fsp3) is 0.318. The highest BCUT2D eigenvalue weighted by atomic mass is 32.2. The number of amides is 1. The second-order valence-corrected chi connectivity index (χ2v) is 9.20. The van der Waals surface area contributed by atoms with E-state index in [2.05, 4.69) is 32.5 Å². The molecule has 1 N–H and O–H groups in total. The molecule has 0 unspecified atom stereocenters. The Balaban J connectivity index is 1.39. The summed E-state index contributed by atoms with van der Waals surface area (Å²) in [6.07, 6.45) is 4.48. The Morgan fingerprint density at radius 2 is 2.12 bits per heavy atom. The molecule has 4 rings (SSSR count). The van der Waals surface area contributed by atoms with Gasteiger partial charge in [0.15, 0.2) is 5.16 Å². The maximum Gasteiger partial charge on any atom is 0.263 e. The molecule has 0 saturated heterocycles. The summed E-state index contributed by atoms with van der Waals surface area (Å²) < 4.78 is 3.37. The Hall–Kier alpha value is -2.98.